The highest BCUT2D eigenvalue weighted by atomic mass is 35.5. The van der Waals surface area contributed by atoms with E-state index in [2.05, 4.69) is 4.99 Å². The van der Waals surface area contributed by atoms with Gasteiger partial charge in [-0.15, -0.1) is 12.4 Å². The highest BCUT2D eigenvalue weighted by Crippen LogP contribution is 2.05. The first-order valence-electron chi connectivity index (χ1n) is 4.13. The zero-order valence-electron chi connectivity index (χ0n) is 8.36. The van der Waals surface area contributed by atoms with E-state index in [0.29, 0.717) is 16.2 Å². The van der Waals surface area contributed by atoms with E-state index in [9.17, 15) is 5.21 Å². The SMILES string of the molecule is Cc1cc(Cl)cc(=NC(C)C)n1O.Cl. The average molecular weight is 237 g/mol. The van der Waals surface area contributed by atoms with Crippen LogP contribution in [0.15, 0.2) is 17.1 Å². The summed E-state index contributed by atoms with van der Waals surface area (Å²) in [6.45, 7) is 5.65. The molecule has 14 heavy (non-hydrogen) atoms. The number of nitrogens with zero attached hydrogens (tertiary/aromatic N) is 2. The van der Waals surface area contributed by atoms with Gasteiger partial charge in [0.05, 0.1) is 5.69 Å². The maximum atomic E-state index is 9.54. The standard InChI is InChI=1S/C9H13ClN2O.ClH/c1-6(2)11-9-5-8(10)4-7(3)12(9)13;/h4-6,13H,1-3H3;1H. The van der Waals surface area contributed by atoms with Gasteiger partial charge in [-0.3, -0.25) is 4.99 Å². The molecule has 0 saturated heterocycles. The summed E-state index contributed by atoms with van der Waals surface area (Å²) in [7, 11) is 0. The molecule has 0 spiro atoms. The zero-order chi connectivity index (χ0) is 10.0. The molecular weight excluding hydrogens is 223 g/mol. The van der Waals surface area contributed by atoms with Crippen molar-refractivity contribution < 1.29 is 5.21 Å². The molecule has 3 nitrogen and oxygen atoms in total. The van der Waals surface area contributed by atoms with Crippen LogP contribution in [0.4, 0.5) is 0 Å². The van der Waals surface area contributed by atoms with E-state index in [1.54, 1.807) is 19.1 Å². The molecule has 0 aromatic carbocycles. The van der Waals surface area contributed by atoms with Crippen LogP contribution in [-0.4, -0.2) is 16.0 Å². The summed E-state index contributed by atoms with van der Waals surface area (Å²) >= 11 is 5.82. The second-order valence-corrected chi connectivity index (χ2v) is 3.64. The Morgan fingerprint density at radius 2 is 2.00 bits per heavy atom. The first-order valence-corrected chi connectivity index (χ1v) is 4.51. The molecule has 0 saturated carbocycles. The van der Waals surface area contributed by atoms with Crippen molar-refractivity contribution >= 4 is 24.0 Å². The van der Waals surface area contributed by atoms with Crippen molar-refractivity contribution in [1.82, 2.24) is 4.73 Å². The summed E-state index contributed by atoms with van der Waals surface area (Å²) in [6.07, 6.45) is 0. The minimum absolute atomic E-state index is 0. The third-order valence-electron chi connectivity index (χ3n) is 1.56. The van der Waals surface area contributed by atoms with Crippen LogP contribution in [0.25, 0.3) is 0 Å². The fraction of sp³-hybridized carbons (Fsp3) is 0.444. The summed E-state index contributed by atoms with van der Waals surface area (Å²) in [4.78, 5) is 4.21. The van der Waals surface area contributed by atoms with Gasteiger partial charge < -0.3 is 5.21 Å². The van der Waals surface area contributed by atoms with Crippen molar-refractivity contribution in [2.24, 2.45) is 4.99 Å². The quantitative estimate of drug-likeness (QED) is 0.748. The van der Waals surface area contributed by atoms with Crippen LogP contribution in [0, 0.1) is 6.92 Å². The van der Waals surface area contributed by atoms with Crippen LogP contribution in [0.3, 0.4) is 0 Å². The first-order chi connectivity index (χ1) is 6.00. The second-order valence-electron chi connectivity index (χ2n) is 3.21. The molecule has 0 unspecified atom stereocenters. The van der Waals surface area contributed by atoms with Crippen LogP contribution in [0.1, 0.15) is 19.5 Å². The molecule has 0 aliphatic heterocycles. The van der Waals surface area contributed by atoms with Crippen molar-refractivity contribution in [2.75, 3.05) is 0 Å². The summed E-state index contributed by atoms with van der Waals surface area (Å²) in [6, 6.07) is 3.45. The maximum absolute atomic E-state index is 9.54. The molecule has 1 aromatic rings. The lowest BCUT2D eigenvalue weighted by atomic mass is 10.3. The van der Waals surface area contributed by atoms with E-state index in [4.69, 9.17) is 11.6 Å². The lowest BCUT2D eigenvalue weighted by Gasteiger charge is -2.04. The zero-order valence-corrected chi connectivity index (χ0v) is 9.93. The topological polar surface area (TPSA) is 37.5 Å². The van der Waals surface area contributed by atoms with Gasteiger partial charge in [0.1, 0.15) is 0 Å². The highest BCUT2D eigenvalue weighted by molar-refractivity contribution is 6.30. The molecule has 0 bridgehead atoms. The number of pyridine rings is 1. The Morgan fingerprint density at radius 3 is 2.50 bits per heavy atom. The Kier molecular flexibility index (Phi) is 5.02. The number of rotatable bonds is 1. The molecule has 0 amide bonds. The van der Waals surface area contributed by atoms with Gasteiger partial charge in [-0.2, -0.15) is 4.73 Å². The van der Waals surface area contributed by atoms with Gasteiger partial charge in [0.2, 0.25) is 0 Å². The maximum Gasteiger partial charge on any atom is 0.165 e. The minimum Gasteiger partial charge on any atom is -0.427 e. The Balaban J connectivity index is 0.00000169. The molecule has 0 fully saturated rings. The Hall–Kier alpha value is -0.670. The van der Waals surface area contributed by atoms with Crippen molar-refractivity contribution in [1.29, 1.82) is 0 Å². The van der Waals surface area contributed by atoms with Gasteiger partial charge in [-0.05, 0) is 26.8 Å². The lowest BCUT2D eigenvalue weighted by molar-refractivity contribution is 0.164. The monoisotopic (exact) mass is 236 g/mol. The van der Waals surface area contributed by atoms with Crippen LogP contribution in [-0.2, 0) is 0 Å². The summed E-state index contributed by atoms with van der Waals surface area (Å²) in [5, 5.41) is 10.1. The molecule has 1 heterocycles. The predicted molar refractivity (Wildman–Crippen MR) is 59.3 cm³/mol. The molecule has 0 aliphatic rings. The van der Waals surface area contributed by atoms with E-state index in [0.717, 1.165) is 4.73 Å². The van der Waals surface area contributed by atoms with Gasteiger partial charge in [0.25, 0.3) is 0 Å². The smallest absolute Gasteiger partial charge is 0.165 e. The largest absolute Gasteiger partial charge is 0.427 e. The molecule has 1 aromatic heterocycles. The Morgan fingerprint density at radius 1 is 1.43 bits per heavy atom. The van der Waals surface area contributed by atoms with Crippen LogP contribution >= 0.6 is 24.0 Å². The molecule has 0 atom stereocenters. The van der Waals surface area contributed by atoms with E-state index >= 15 is 0 Å². The number of aryl methyl sites for hydroxylation is 1. The summed E-state index contributed by atoms with van der Waals surface area (Å²) in [5.74, 6) is 0. The molecular formula is C9H14Cl2N2O. The summed E-state index contributed by atoms with van der Waals surface area (Å²) < 4.78 is 1.03. The third kappa shape index (κ3) is 3.24. The number of hydrogen-bond acceptors (Lipinski definition) is 2. The van der Waals surface area contributed by atoms with Gasteiger partial charge >= 0.3 is 0 Å². The van der Waals surface area contributed by atoms with Crippen LogP contribution < -0.4 is 5.49 Å². The molecule has 1 rings (SSSR count). The first kappa shape index (κ1) is 13.3. The Bertz CT molecular complexity index is 372. The van der Waals surface area contributed by atoms with Crippen molar-refractivity contribution in [2.45, 2.75) is 26.8 Å². The Labute approximate surface area is 94.4 Å². The van der Waals surface area contributed by atoms with Gasteiger partial charge in [0, 0.05) is 17.1 Å². The van der Waals surface area contributed by atoms with Gasteiger partial charge in [-0.1, -0.05) is 11.6 Å². The summed E-state index contributed by atoms with van der Waals surface area (Å²) in [5.41, 5.74) is 1.16. The van der Waals surface area contributed by atoms with Gasteiger partial charge in [0.15, 0.2) is 5.49 Å². The van der Waals surface area contributed by atoms with E-state index in [-0.39, 0.29) is 18.4 Å². The highest BCUT2D eigenvalue weighted by Gasteiger charge is 1.98. The molecule has 0 aliphatic carbocycles. The molecule has 80 valence electrons. The van der Waals surface area contributed by atoms with E-state index in [1.807, 2.05) is 13.8 Å². The van der Waals surface area contributed by atoms with E-state index in [1.165, 1.54) is 0 Å². The second kappa shape index (κ2) is 5.27. The average Bonchev–Trinajstić information content (AvgIpc) is 1.98. The van der Waals surface area contributed by atoms with Crippen LogP contribution in [0.2, 0.25) is 5.02 Å². The number of halogens is 2. The fourth-order valence-electron chi connectivity index (χ4n) is 1.02. The molecule has 0 radical (unpaired) electrons. The van der Waals surface area contributed by atoms with Crippen molar-refractivity contribution in [3.8, 4) is 0 Å². The number of hydrogen-bond donors (Lipinski definition) is 1. The minimum atomic E-state index is 0. The van der Waals surface area contributed by atoms with Crippen LogP contribution in [0.5, 0.6) is 0 Å². The number of aromatic nitrogens is 1. The van der Waals surface area contributed by atoms with Crippen molar-refractivity contribution in [3.05, 3.63) is 28.3 Å². The molecule has 1 N–H and O–H groups in total. The molecule has 5 heteroatoms. The third-order valence-corrected chi connectivity index (χ3v) is 1.77. The lowest BCUT2D eigenvalue weighted by Crippen LogP contribution is -2.22. The van der Waals surface area contributed by atoms with Crippen molar-refractivity contribution in [3.63, 3.8) is 0 Å². The predicted octanol–water partition coefficient (Wildman–Crippen LogP) is 2.42. The fourth-order valence-corrected chi connectivity index (χ4v) is 1.28. The normalized spacial score (nSPS) is 11.6. The van der Waals surface area contributed by atoms with Gasteiger partial charge in [-0.25, -0.2) is 0 Å². The van der Waals surface area contributed by atoms with E-state index < -0.39 is 0 Å².